The molecule has 1 aromatic carbocycles. The van der Waals surface area contributed by atoms with Crippen LogP contribution >= 0.6 is 0 Å². The van der Waals surface area contributed by atoms with Crippen molar-refractivity contribution in [1.29, 1.82) is 0 Å². The van der Waals surface area contributed by atoms with Crippen LogP contribution in [-0.2, 0) is 4.74 Å². The van der Waals surface area contributed by atoms with Gasteiger partial charge in [0.25, 0.3) is 0 Å². The fourth-order valence-electron chi connectivity index (χ4n) is 1.65. The van der Waals surface area contributed by atoms with Gasteiger partial charge in [-0.05, 0) is 12.1 Å². The lowest BCUT2D eigenvalue weighted by atomic mass is 10.1. The van der Waals surface area contributed by atoms with Crippen LogP contribution in [0, 0.1) is 0 Å². The number of hydrogen-bond donors (Lipinski definition) is 1. The molecule has 18 heavy (non-hydrogen) atoms. The van der Waals surface area contributed by atoms with Crippen LogP contribution < -0.4 is 10.2 Å². The Labute approximate surface area is 105 Å². The molecule has 0 aliphatic heterocycles. The Morgan fingerprint density at radius 2 is 2.00 bits per heavy atom. The zero-order valence-corrected chi connectivity index (χ0v) is 10.2. The van der Waals surface area contributed by atoms with Crippen molar-refractivity contribution in [3.05, 3.63) is 52.8 Å². The summed E-state index contributed by atoms with van der Waals surface area (Å²) in [5, 5.41) is 0. The van der Waals surface area contributed by atoms with E-state index >= 15 is 0 Å². The molecule has 0 aliphatic rings. The Bertz CT molecular complexity index is 563. The van der Waals surface area contributed by atoms with E-state index in [1.807, 2.05) is 24.3 Å². The minimum atomic E-state index is -0.0320. The first-order valence-corrected chi connectivity index (χ1v) is 5.71. The van der Waals surface area contributed by atoms with Crippen molar-refractivity contribution in [2.24, 2.45) is 0 Å². The van der Waals surface area contributed by atoms with Crippen molar-refractivity contribution < 1.29 is 9.47 Å². The summed E-state index contributed by atoms with van der Waals surface area (Å²) in [6.45, 7) is 1.00. The van der Waals surface area contributed by atoms with Gasteiger partial charge in [-0.15, -0.1) is 0 Å². The van der Waals surface area contributed by atoms with E-state index in [1.165, 1.54) is 6.07 Å². The summed E-state index contributed by atoms with van der Waals surface area (Å²) in [6, 6.07) is 10.6. The highest BCUT2D eigenvalue weighted by molar-refractivity contribution is 5.66. The molecule has 0 fully saturated rings. The molecule has 1 heterocycles. The lowest BCUT2D eigenvalue weighted by Crippen LogP contribution is -2.05. The summed E-state index contributed by atoms with van der Waals surface area (Å²) in [5.41, 5.74) is 1.58. The van der Waals surface area contributed by atoms with E-state index in [4.69, 9.17) is 9.47 Å². The minimum absolute atomic E-state index is 0.0320. The van der Waals surface area contributed by atoms with Crippen molar-refractivity contribution >= 4 is 0 Å². The fraction of sp³-hybridized carbons (Fsp3) is 0.214. The topological polar surface area (TPSA) is 51.3 Å². The molecule has 0 spiro atoms. The lowest BCUT2D eigenvalue weighted by Gasteiger charge is -2.10. The maximum Gasteiger partial charge on any atom is 0.182 e. The number of aromatic amines is 1. The van der Waals surface area contributed by atoms with Crippen LogP contribution in [-0.4, -0.2) is 25.3 Å². The summed E-state index contributed by atoms with van der Waals surface area (Å²) >= 11 is 0. The number of benzene rings is 1. The highest BCUT2D eigenvalue weighted by atomic mass is 16.5. The number of pyridine rings is 1. The van der Waals surface area contributed by atoms with Gasteiger partial charge in [-0.3, -0.25) is 4.79 Å². The largest absolute Gasteiger partial charge is 0.490 e. The summed E-state index contributed by atoms with van der Waals surface area (Å²) < 4.78 is 10.6. The zero-order valence-electron chi connectivity index (χ0n) is 10.2. The van der Waals surface area contributed by atoms with Gasteiger partial charge in [-0.25, -0.2) is 0 Å². The van der Waals surface area contributed by atoms with E-state index in [-0.39, 0.29) is 5.43 Å². The summed E-state index contributed by atoms with van der Waals surface area (Å²) in [7, 11) is 1.63. The Kier molecular flexibility index (Phi) is 4.15. The monoisotopic (exact) mass is 245 g/mol. The van der Waals surface area contributed by atoms with Crippen LogP contribution in [0.1, 0.15) is 0 Å². The van der Waals surface area contributed by atoms with Crippen LogP contribution in [0.2, 0.25) is 0 Å². The van der Waals surface area contributed by atoms with E-state index in [0.717, 1.165) is 17.0 Å². The molecular formula is C14H15NO3. The quantitative estimate of drug-likeness (QED) is 0.820. The number of aromatic nitrogens is 1. The van der Waals surface area contributed by atoms with E-state index in [0.29, 0.717) is 13.2 Å². The molecule has 0 amide bonds. The minimum Gasteiger partial charge on any atom is -0.490 e. The number of ether oxygens (including phenoxy) is 2. The Morgan fingerprint density at radius 1 is 1.17 bits per heavy atom. The SMILES string of the molecule is COCCOc1ccccc1-c1cc(=O)cc[nH]1. The fourth-order valence-corrected chi connectivity index (χ4v) is 1.65. The number of H-pyrrole nitrogens is 1. The van der Waals surface area contributed by atoms with Crippen LogP contribution in [0.3, 0.4) is 0 Å². The summed E-state index contributed by atoms with van der Waals surface area (Å²) in [4.78, 5) is 14.4. The van der Waals surface area contributed by atoms with E-state index in [9.17, 15) is 4.79 Å². The summed E-state index contributed by atoms with van der Waals surface area (Å²) in [5.74, 6) is 0.733. The molecule has 4 nitrogen and oxygen atoms in total. The maximum absolute atomic E-state index is 11.4. The average molecular weight is 245 g/mol. The number of methoxy groups -OCH3 is 1. The molecule has 0 radical (unpaired) electrons. The van der Waals surface area contributed by atoms with E-state index < -0.39 is 0 Å². The highest BCUT2D eigenvalue weighted by Gasteiger charge is 2.06. The molecule has 2 aromatic rings. The molecule has 1 aromatic heterocycles. The molecule has 4 heteroatoms. The second-order valence-electron chi connectivity index (χ2n) is 3.78. The number of rotatable bonds is 5. The zero-order chi connectivity index (χ0) is 12.8. The molecule has 0 aliphatic carbocycles. The third-order valence-electron chi connectivity index (χ3n) is 2.50. The molecule has 0 atom stereocenters. The summed E-state index contributed by atoms with van der Waals surface area (Å²) in [6.07, 6.45) is 1.63. The second-order valence-corrected chi connectivity index (χ2v) is 3.78. The molecule has 94 valence electrons. The maximum atomic E-state index is 11.4. The predicted octanol–water partition coefficient (Wildman–Crippen LogP) is 2.07. The smallest absolute Gasteiger partial charge is 0.182 e. The van der Waals surface area contributed by atoms with Gasteiger partial charge in [0.05, 0.1) is 12.3 Å². The lowest BCUT2D eigenvalue weighted by molar-refractivity contribution is 0.146. The predicted molar refractivity (Wildman–Crippen MR) is 69.9 cm³/mol. The van der Waals surface area contributed by atoms with Crippen molar-refractivity contribution in [3.8, 4) is 17.0 Å². The van der Waals surface area contributed by atoms with E-state index in [2.05, 4.69) is 4.98 Å². The first kappa shape index (κ1) is 12.4. The van der Waals surface area contributed by atoms with Gasteiger partial charge in [-0.1, -0.05) is 12.1 Å². The second kappa shape index (κ2) is 6.02. The molecule has 0 unspecified atom stereocenters. The molecular weight excluding hydrogens is 230 g/mol. The molecule has 0 saturated heterocycles. The van der Waals surface area contributed by atoms with Crippen molar-refractivity contribution in [3.63, 3.8) is 0 Å². The van der Waals surface area contributed by atoms with Crippen molar-refractivity contribution in [1.82, 2.24) is 4.98 Å². The highest BCUT2D eigenvalue weighted by Crippen LogP contribution is 2.27. The third-order valence-corrected chi connectivity index (χ3v) is 2.50. The molecule has 1 N–H and O–H groups in total. The van der Waals surface area contributed by atoms with Gasteiger partial charge in [-0.2, -0.15) is 0 Å². The molecule has 2 rings (SSSR count). The first-order chi connectivity index (χ1) is 8.81. The molecule has 0 saturated carbocycles. The van der Waals surface area contributed by atoms with Gasteiger partial charge in [0.15, 0.2) is 5.43 Å². The molecule has 0 bridgehead atoms. The first-order valence-electron chi connectivity index (χ1n) is 5.71. The standard InChI is InChI=1S/C14H15NO3/c1-17-8-9-18-14-5-3-2-4-12(14)13-10-11(16)6-7-15-13/h2-7,10H,8-9H2,1H3,(H,15,16). The number of nitrogens with one attached hydrogen (secondary N) is 1. The van der Waals surface area contributed by atoms with Crippen LogP contribution in [0.15, 0.2) is 47.4 Å². The van der Waals surface area contributed by atoms with Gasteiger partial charge in [0.2, 0.25) is 0 Å². The average Bonchev–Trinajstić information content (AvgIpc) is 2.40. The van der Waals surface area contributed by atoms with Gasteiger partial charge in [0.1, 0.15) is 12.4 Å². The van der Waals surface area contributed by atoms with Crippen LogP contribution in [0.25, 0.3) is 11.3 Å². The van der Waals surface area contributed by atoms with Gasteiger partial charge >= 0.3 is 0 Å². The third kappa shape index (κ3) is 2.99. The van der Waals surface area contributed by atoms with Crippen LogP contribution in [0.4, 0.5) is 0 Å². The Hall–Kier alpha value is -2.07. The van der Waals surface area contributed by atoms with Crippen LogP contribution in [0.5, 0.6) is 5.75 Å². The normalized spacial score (nSPS) is 10.3. The van der Waals surface area contributed by atoms with Gasteiger partial charge in [0, 0.05) is 31.0 Å². The number of hydrogen-bond acceptors (Lipinski definition) is 3. The Morgan fingerprint density at radius 3 is 2.78 bits per heavy atom. The van der Waals surface area contributed by atoms with Crippen molar-refractivity contribution in [2.45, 2.75) is 0 Å². The number of para-hydroxylation sites is 1. The van der Waals surface area contributed by atoms with E-state index in [1.54, 1.807) is 19.4 Å². The Balaban J connectivity index is 2.29. The van der Waals surface area contributed by atoms with Crippen molar-refractivity contribution in [2.75, 3.05) is 20.3 Å². The van der Waals surface area contributed by atoms with Gasteiger partial charge < -0.3 is 14.5 Å².